The van der Waals surface area contributed by atoms with Crippen LogP contribution < -0.4 is 4.90 Å². The third-order valence-corrected chi connectivity index (χ3v) is 4.94. The lowest BCUT2D eigenvalue weighted by atomic mass is 10.1. The number of anilines is 1. The molecular weight excluding hydrogens is 364 g/mol. The standard InChI is InChI=1S/C19H21ClN6O/c1-13-4-3-5-15(12-13)16-6-7-21-18-22-19(23-26(16)18)25-10-8-24(9-11-25)17(27)14(2)20/h3-7,12,14H,8-11H2,1-2H3/t14-/m1/s1. The third-order valence-electron chi connectivity index (χ3n) is 4.76. The second-order valence-electron chi connectivity index (χ2n) is 6.75. The highest BCUT2D eigenvalue weighted by Crippen LogP contribution is 2.22. The molecule has 0 radical (unpaired) electrons. The Bertz CT molecular complexity index is 977. The zero-order valence-electron chi connectivity index (χ0n) is 15.3. The maximum atomic E-state index is 12.0. The highest BCUT2D eigenvalue weighted by Gasteiger charge is 2.26. The fourth-order valence-corrected chi connectivity index (χ4v) is 3.46. The van der Waals surface area contributed by atoms with Gasteiger partial charge in [0.2, 0.25) is 11.9 Å². The lowest BCUT2D eigenvalue weighted by Crippen LogP contribution is -2.50. The van der Waals surface area contributed by atoms with Crippen LogP contribution in [0.4, 0.5) is 5.95 Å². The number of aromatic nitrogens is 4. The molecule has 1 amide bonds. The van der Waals surface area contributed by atoms with E-state index in [1.165, 1.54) is 5.56 Å². The Morgan fingerprint density at radius 3 is 2.67 bits per heavy atom. The number of piperazine rings is 1. The lowest BCUT2D eigenvalue weighted by molar-refractivity contribution is -0.130. The summed E-state index contributed by atoms with van der Waals surface area (Å²) in [7, 11) is 0. The van der Waals surface area contributed by atoms with E-state index in [1.54, 1.807) is 22.5 Å². The van der Waals surface area contributed by atoms with E-state index >= 15 is 0 Å². The van der Waals surface area contributed by atoms with Crippen molar-refractivity contribution in [2.24, 2.45) is 0 Å². The number of aryl methyl sites for hydroxylation is 1. The molecule has 8 heteroatoms. The molecule has 1 aliphatic heterocycles. The smallest absolute Gasteiger partial charge is 0.254 e. The predicted molar refractivity (Wildman–Crippen MR) is 105 cm³/mol. The van der Waals surface area contributed by atoms with Crippen LogP contribution in [0.2, 0.25) is 0 Å². The van der Waals surface area contributed by atoms with Crippen molar-refractivity contribution in [1.82, 2.24) is 24.5 Å². The first kappa shape index (κ1) is 17.7. The van der Waals surface area contributed by atoms with Crippen molar-refractivity contribution in [3.8, 4) is 11.3 Å². The molecule has 4 rings (SSSR count). The second kappa shape index (κ2) is 7.15. The van der Waals surface area contributed by atoms with Crippen LogP contribution in [0.1, 0.15) is 12.5 Å². The number of carbonyl (C=O) groups excluding carboxylic acids is 1. The Kier molecular flexibility index (Phi) is 4.70. The topological polar surface area (TPSA) is 66.6 Å². The monoisotopic (exact) mass is 384 g/mol. The molecule has 140 valence electrons. The largest absolute Gasteiger partial charge is 0.338 e. The van der Waals surface area contributed by atoms with E-state index in [4.69, 9.17) is 11.6 Å². The number of benzene rings is 1. The van der Waals surface area contributed by atoms with E-state index < -0.39 is 5.38 Å². The third kappa shape index (κ3) is 3.47. The van der Waals surface area contributed by atoms with Crippen molar-refractivity contribution in [1.29, 1.82) is 0 Å². The highest BCUT2D eigenvalue weighted by atomic mass is 35.5. The van der Waals surface area contributed by atoms with Gasteiger partial charge in [0.1, 0.15) is 5.38 Å². The first-order valence-corrected chi connectivity index (χ1v) is 9.43. The summed E-state index contributed by atoms with van der Waals surface area (Å²) in [5, 5.41) is 4.19. The number of amides is 1. The zero-order chi connectivity index (χ0) is 19.0. The van der Waals surface area contributed by atoms with Gasteiger partial charge in [-0.05, 0) is 26.0 Å². The van der Waals surface area contributed by atoms with Gasteiger partial charge in [-0.3, -0.25) is 4.79 Å². The Morgan fingerprint density at radius 1 is 1.19 bits per heavy atom. The number of carbonyl (C=O) groups is 1. The fraction of sp³-hybridized carbons (Fsp3) is 0.368. The van der Waals surface area contributed by atoms with Gasteiger partial charge in [0, 0.05) is 37.9 Å². The van der Waals surface area contributed by atoms with Crippen LogP contribution >= 0.6 is 11.6 Å². The Balaban J connectivity index is 1.60. The molecule has 2 aromatic heterocycles. The highest BCUT2D eigenvalue weighted by molar-refractivity contribution is 6.30. The summed E-state index contributed by atoms with van der Waals surface area (Å²) in [5.74, 6) is 1.17. The first-order valence-electron chi connectivity index (χ1n) is 8.99. The van der Waals surface area contributed by atoms with E-state index in [9.17, 15) is 4.79 Å². The Labute approximate surface area is 162 Å². The van der Waals surface area contributed by atoms with E-state index in [0.717, 1.165) is 11.3 Å². The molecule has 7 nitrogen and oxygen atoms in total. The van der Waals surface area contributed by atoms with Crippen LogP contribution in [-0.4, -0.2) is 61.9 Å². The van der Waals surface area contributed by atoms with Gasteiger partial charge in [0.25, 0.3) is 5.78 Å². The Morgan fingerprint density at radius 2 is 1.96 bits per heavy atom. The number of halogens is 1. The van der Waals surface area contributed by atoms with Crippen molar-refractivity contribution in [2.75, 3.05) is 31.1 Å². The van der Waals surface area contributed by atoms with Gasteiger partial charge in [-0.15, -0.1) is 16.7 Å². The zero-order valence-corrected chi connectivity index (χ0v) is 16.1. The number of nitrogens with zero attached hydrogens (tertiary/aromatic N) is 6. The number of hydrogen-bond acceptors (Lipinski definition) is 5. The summed E-state index contributed by atoms with van der Waals surface area (Å²) in [6.07, 6.45) is 1.75. The molecule has 27 heavy (non-hydrogen) atoms. The predicted octanol–water partition coefficient (Wildman–Crippen LogP) is 2.38. The van der Waals surface area contributed by atoms with Crippen molar-refractivity contribution in [3.05, 3.63) is 42.1 Å². The molecule has 1 aromatic carbocycles. The van der Waals surface area contributed by atoms with E-state index in [-0.39, 0.29) is 5.91 Å². The van der Waals surface area contributed by atoms with Crippen LogP contribution in [0.25, 0.3) is 17.0 Å². The quantitative estimate of drug-likeness (QED) is 0.648. The summed E-state index contributed by atoms with van der Waals surface area (Å²) in [6.45, 7) is 6.35. The molecule has 0 bridgehead atoms. The normalized spacial score (nSPS) is 16.0. The summed E-state index contributed by atoms with van der Waals surface area (Å²) >= 11 is 5.91. The Hall–Kier alpha value is -2.67. The summed E-state index contributed by atoms with van der Waals surface area (Å²) in [6, 6.07) is 10.2. The molecule has 0 aliphatic carbocycles. The van der Waals surface area contributed by atoms with Crippen LogP contribution in [0.3, 0.4) is 0 Å². The molecule has 0 N–H and O–H groups in total. The van der Waals surface area contributed by atoms with Gasteiger partial charge in [0.15, 0.2) is 0 Å². The minimum absolute atomic E-state index is 0.0253. The molecule has 1 aliphatic rings. The summed E-state index contributed by atoms with van der Waals surface area (Å²) in [5.41, 5.74) is 3.21. The summed E-state index contributed by atoms with van der Waals surface area (Å²) < 4.78 is 1.78. The lowest BCUT2D eigenvalue weighted by Gasteiger charge is -2.34. The molecule has 0 unspecified atom stereocenters. The average molecular weight is 385 g/mol. The minimum atomic E-state index is -0.494. The van der Waals surface area contributed by atoms with E-state index in [0.29, 0.717) is 37.9 Å². The van der Waals surface area contributed by atoms with Crippen LogP contribution in [-0.2, 0) is 4.79 Å². The average Bonchev–Trinajstić information content (AvgIpc) is 3.11. The molecular formula is C19H21ClN6O. The molecule has 1 fully saturated rings. The fourth-order valence-electron chi connectivity index (χ4n) is 3.32. The second-order valence-corrected chi connectivity index (χ2v) is 7.41. The number of rotatable bonds is 3. The maximum absolute atomic E-state index is 12.0. The van der Waals surface area contributed by atoms with Crippen molar-refractivity contribution in [2.45, 2.75) is 19.2 Å². The molecule has 0 saturated carbocycles. The minimum Gasteiger partial charge on any atom is -0.338 e. The number of fused-ring (bicyclic) bond motifs is 1. The van der Waals surface area contributed by atoms with Gasteiger partial charge in [0.05, 0.1) is 5.69 Å². The SMILES string of the molecule is Cc1cccc(-c2ccnc3nc(N4CCN(C(=O)[C@@H](C)Cl)CC4)nn23)c1. The number of hydrogen-bond donors (Lipinski definition) is 0. The van der Waals surface area contributed by atoms with E-state index in [2.05, 4.69) is 45.1 Å². The molecule has 3 aromatic rings. The van der Waals surface area contributed by atoms with Crippen LogP contribution in [0, 0.1) is 6.92 Å². The van der Waals surface area contributed by atoms with Crippen LogP contribution in [0.15, 0.2) is 36.5 Å². The first-order chi connectivity index (χ1) is 13.0. The van der Waals surface area contributed by atoms with Gasteiger partial charge in [-0.2, -0.15) is 9.50 Å². The van der Waals surface area contributed by atoms with Crippen molar-refractivity contribution in [3.63, 3.8) is 0 Å². The van der Waals surface area contributed by atoms with Gasteiger partial charge >= 0.3 is 0 Å². The maximum Gasteiger partial charge on any atom is 0.254 e. The van der Waals surface area contributed by atoms with Gasteiger partial charge in [-0.25, -0.2) is 4.98 Å². The van der Waals surface area contributed by atoms with Crippen molar-refractivity contribution < 1.29 is 4.79 Å². The summed E-state index contributed by atoms with van der Waals surface area (Å²) in [4.78, 5) is 24.9. The molecule has 1 saturated heterocycles. The number of alkyl halides is 1. The van der Waals surface area contributed by atoms with Crippen molar-refractivity contribution >= 4 is 29.2 Å². The molecule has 0 spiro atoms. The molecule has 1 atom stereocenters. The van der Waals surface area contributed by atoms with E-state index in [1.807, 2.05) is 12.1 Å². The van der Waals surface area contributed by atoms with Crippen LogP contribution in [0.5, 0.6) is 0 Å². The van der Waals surface area contributed by atoms with Gasteiger partial charge in [-0.1, -0.05) is 23.8 Å². The molecule has 3 heterocycles. The van der Waals surface area contributed by atoms with Gasteiger partial charge < -0.3 is 9.80 Å².